The van der Waals surface area contributed by atoms with Crippen LogP contribution < -0.4 is 4.90 Å². The molecular formula is C14H11ClFNO. The normalized spacial score (nSPS) is 10.2. The van der Waals surface area contributed by atoms with Crippen LogP contribution in [0.1, 0.15) is 10.4 Å². The summed E-state index contributed by atoms with van der Waals surface area (Å²) in [5.41, 5.74) is 2.00. The number of anilines is 2. The lowest BCUT2D eigenvalue weighted by Gasteiger charge is -2.21. The molecule has 0 N–H and O–H groups in total. The van der Waals surface area contributed by atoms with E-state index < -0.39 is 0 Å². The van der Waals surface area contributed by atoms with Crippen LogP contribution in [0, 0.1) is 5.82 Å². The van der Waals surface area contributed by atoms with Gasteiger partial charge in [-0.3, -0.25) is 4.79 Å². The van der Waals surface area contributed by atoms with Gasteiger partial charge in [-0.1, -0.05) is 11.6 Å². The van der Waals surface area contributed by atoms with Crippen LogP contribution in [0.15, 0.2) is 42.5 Å². The molecule has 0 unspecified atom stereocenters. The first-order valence-corrected chi connectivity index (χ1v) is 5.73. The van der Waals surface area contributed by atoms with Gasteiger partial charge in [-0.05, 0) is 42.5 Å². The third-order valence-electron chi connectivity index (χ3n) is 2.69. The Hall–Kier alpha value is -1.87. The van der Waals surface area contributed by atoms with Crippen molar-refractivity contribution < 1.29 is 9.18 Å². The van der Waals surface area contributed by atoms with Gasteiger partial charge in [0.2, 0.25) is 0 Å². The van der Waals surface area contributed by atoms with Crippen LogP contribution in [-0.4, -0.2) is 13.3 Å². The maximum Gasteiger partial charge on any atom is 0.152 e. The highest BCUT2D eigenvalue weighted by molar-refractivity contribution is 6.31. The largest absolute Gasteiger partial charge is 0.344 e. The second-order valence-electron chi connectivity index (χ2n) is 3.86. The topological polar surface area (TPSA) is 20.3 Å². The number of benzene rings is 2. The summed E-state index contributed by atoms with van der Waals surface area (Å²) in [4.78, 5) is 12.8. The highest BCUT2D eigenvalue weighted by Crippen LogP contribution is 2.28. The first kappa shape index (κ1) is 12.6. The molecule has 2 aromatic rings. The van der Waals surface area contributed by atoms with Crippen LogP contribution in [0.5, 0.6) is 0 Å². The van der Waals surface area contributed by atoms with Gasteiger partial charge in [-0.15, -0.1) is 0 Å². The second-order valence-corrected chi connectivity index (χ2v) is 4.29. The molecule has 2 aromatic carbocycles. The van der Waals surface area contributed by atoms with Gasteiger partial charge in [0.05, 0.1) is 5.69 Å². The quantitative estimate of drug-likeness (QED) is 0.779. The van der Waals surface area contributed by atoms with E-state index in [9.17, 15) is 9.18 Å². The van der Waals surface area contributed by atoms with Crippen LogP contribution in [-0.2, 0) is 0 Å². The van der Waals surface area contributed by atoms with Crippen LogP contribution >= 0.6 is 11.6 Å². The van der Waals surface area contributed by atoms with Gasteiger partial charge in [0.25, 0.3) is 0 Å². The molecule has 0 aliphatic heterocycles. The Labute approximate surface area is 110 Å². The summed E-state index contributed by atoms with van der Waals surface area (Å²) in [6, 6.07) is 11.1. The van der Waals surface area contributed by atoms with E-state index in [4.69, 9.17) is 11.6 Å². The zero-order valence-corrected chi connectivity index (χ0v) is 10.5. The van der Waals surface area contributed by atoms with E-state index in [0.29, 0.717) is 16.3 Å². The molecule has 0 fully saturated rings. The predicted octanol–water partition coefficient (Wildman–Crippen LogP) is 4.06. The van der Waals surface area contributed by atoms with E-state index in [0.717, 1.165) is 12.0 Å². The Balaban J connectivity index is 2.44. The lowest BCUT2D eigenvalue weighted by Crippen LogP contribution is -2.11. The molecule has 2 rings (SSSR count). The van der Waals surface area contributed by atoms with Gasteiger partial charge in [-0.2, -0.15) is 0 Å². The second kappa shape index (κ2) is 5.19. The van der Waals surface area contributed by atoms with Gasteiger partial charge in [0, 0.05) is 23.3 Å². The van der Waals surface area contributed by atoms with E-state index in [1.165, 1.54) is 12.1 Å². The third kappa shape index (κ3) is 2.51. The highest BCUT2D eigenvalue weighted by Gasteiger charge is 2.09. The molecule has 2 nitrogen and oxygen atoms in total. The Morgan fingerprint density at radius 1 is 1.17 bits per heavy atom. The lowest BCUT2D eigenvalue weighted by atomic mass is 10.1. The average Bonchev–Trinajstić information content (AvgIpc) is 2.39. The summed E-state index contributed by atoms with van der Waals surface area (Å²) >= 11 is 5.93. The van der Waals surface area contributed by atoms with Crippen molar-refractivity contribution >= 4 is 29.3 Å². The fourth-order valence-electron chi connectivity index (χ4n) is 1.71. The molecule has 0 aliphatic rings. The van der Waals surface area contributed by atoms with Crippen molar-refractivity contribution in [3.63, 3.8) is 0 Å². The van der Waals surface area contributed by atoms with Crippen molar-refractivity contribution in [2.24, 2.45) is 0 Å². The Kier molecular flexibility index (Phi) is 3.63. The van der Waals surface area contributed by atoms with Gasteiger partial charge in [-0.25, -0.2) is 4.39 Å². The molecule has 0 aromatic heterocycles. The van der Waals surface area contributed by atoms with E-state index in [2.05, 4.69) is 0 Å². The minimum absolute atomic E-state index is 0.297. The summed E-state index contributed by atoms with van der Waals surface area (Å²) in [7, 11) is 1.80. The van der Waals surface area contributed by atoms with E-state index in [-0.39, 0.29) is 5.82 Å². The molecular weight excluding hydrogens is 253 g/mol. The molecule has 4 heteroatoms. The molecule has 0 saturated carbocycles. The SMILES string of the molecule is CN(c1ccc(F)cc1)c1cc(Cl)ccc1C=O. The van der Waals surface area contributed by atoms with E-state index in [1.54, 1.807) is 42.3 Å². The van der Waals surface area contributed by atoms with Crippen molar-refractivity contribution in [1.82, 2.24) is 0 Å². The predicted molar refractivity (Wildman–Crippen MR) is 71.3 cm³/mol. The molecule has 0 atom stereocenters. The van der Waals surface area contributed by atoms with Crippen molar-refractivity contribution in [1.29, 1.82) is 0 Å². The average molecular weight is 264 g/mol. The van der Waals surface area contributed by atoms with Crippen molar-refractivity contribution in [3.05, 3.63) is 58.9 Å². The lowest BCUT2D eigenvalue weighted by molar-refractivity contribution is 0.112. The number of hydrogen-bond donors (Lipinski definition) is 0. The minimum Gasteiger partial charge on any atom is -0.344 e. The molecule has 0 radical (unpaired) electrons. The first-order chi connectivity index (χ1) is 8.61. The van der Waals surface area contributed by atoms with Crippen molar-refractivity contribution in [3.8, 4) is 0 Å². The number of hydrogen-bond acceptors (Lipinski definition) is 2. The Morgan fingerprint density at radius 2 is 1.83 bits per heavy atom. The molecule has 0 heterocycles. The minimum atomic E-state index is -0.297. The van der Waals surface area contributed by atoms with Crippen LogP contribution in [0.25, 0.3) is 0 Å². The standard InChI is InChI=1S/C14H11ClFNO/c1-17(13-6-4-12(16)5-7-13)14-8-11(15)3-2-10(14)9-18/h2-9H,1H3. The molecule has 0 saturated heterocycles. The highest BCUT2D eigenvalue weighted by atomic mass is 35.5. The van der Waals surface area contributed by atoms with Crippen LogP contribution in [0.3, 0.4) is 0 Å². The molecule has 0 amide bonds. The van der Waals surface area contributed by atoms with Gasteiger partial charge in [0.1, 0.15) is 5.82 Å². The maximum atomic E-state index is 12.9. The first-order valence-electron chi connectivity index (χ1n) is 5.36. The van der Waals surface area contributed by atoms with Crippen LogP contribution in [0.4, 0.5) is 15.8 Å². The molecule has 18 heavy (non-hydrogen) atoms. The van der Waals surface area contributed by atoms with E-state index in [1.807, 2.05) is 0 Å². The number of nitrogens with zero attached hydrogens (tertiary/aromatic N) is 1. The smallest absolute Gasteiger partial charge is 0.152 e. The fraction of sp³-hybridized carbons (Fsp3) is 0.0714. The summed E-state index contributed by atoms with van der Waals surface area (Å²) in [6.07, 6.45) is 0.770. The molecule has 92 valence electrons. The summed E-state index contributed by atoms with van der Waals surface area (Å²) in [6.45, 7) is 0. The van der Waals surface area contributed by atoms with Gasteiger partial charge >= 0.3 is 0 Å². The molecule has 0 spiro atoms. The number of carbonyl (C=O) groups excluding carboxylic acids is 1. The Morgan fingerprint density at radius 3 is 2.44 bits per heavy atom. The molecule has 0 bridgehead atoms. The van der Waals surface area contributed by atoms with Crippen molar-refractivity contribution in [2.45, 2.75) is 0 Å². The zero-order chi connectivity index (χ0) is 13.1. The van der Waals surface area contributed by atoms with Gasteiger partial charge < -0.3 is 4.90 Å². The summed E-state index contributed by atoms with van der Waals surface area (Å²) in [5.74, 6) is -0.297. The zero-order valence-electron chi connectivity index (χ0n) is 9.73. The number of halogens is 2. The summed E-state index contributed by atoms with van der Waals surface area (Å²) < 4.78 is 12.9. The third-order valence-corrected chi connectivity index (χ3v) is 2.93. The Bertz CT molecular complexity index is 569. The van der Waals surface area contributed by atoms with Crippen LogP contribution in [0.2, 0.25) is 5.02 Å². The number of carbonyl (C=O) groups is 1. The monoisotopic (exact) mass is 263 g/mol. The maximum absolute atomic E-state index is 12.9. The van der Waals surface area contributed by atoms with E-state index >= 15 is 0 Å². The van der Waals surface area contributed by atoms with Gasteiger partial charge in [0.15, 0.2) is 6.29 Å². The fourth-order valence-corrected chi connectivity index (χ4v) is 1.88. The summed E-state index contributed by atoms with van der Waals surface area (Å²) in [5, 5.41) is 0.546. The number of aldehydes is 1. The van der Waals surface area contributed by atoms with Crippen molar-refractivity contribution in [2.75, 3.05) is 11.9 Å². The number of rotatable bonds is 3. The molecule has 0 aliphatic carbocycles.